The van der Waals surface area contributed by atoms with Crippen molar-refractivity contribution in [1.82, 2.24) is 5.43 Å². The molecule has 0 fully saturated rings. The lowest BCUT2D eigenvalue weighted by atomic mass is 10.2. The molecule has 0 unspecified atom stereocenters. The Morgan fingerprint density at radius 2 is 2.35 bits per heavy atom. The summed E-state index contributed by atoms with van der Waals surface area (Å²) in [5.41, 5.74) is 2.99. The van der Waals surface area contributed by atoms with Crippen LogP contribution in [0.5, 0.6) is 0 Å². The number of carbonyl (C=O) groups excluding carboxylic acids is 1. The van der Waals surface area contributed by atoms with Gasteiger partial charge in [0.2, 0.25) is 0 Å². The minimum atomic E-state index is -0.257. The molecule has 0 saturated carbocycles. The van der Waals surface area contributed by atoms with E-state index >= 15 is 0 Å². The monoisotopic (exact) mass is 248 g/mol. The smallest absolute Gasteiger partial charge is 0.274 e. The fourth-order valence-corrected chi connectivity index (χ4v) is 2.02. The second-order valence-corrected chi connectivity index (χ2v) is 4.52. The Morgan fingerprint density at radius 3 is 2.94 bits per heavy atom. The zero-order chi connectivity index (χ0) is 12.3. The molecule has 2 rings (SSSR count). The molecule has 2 aromatic rings. The van der Waals surface area contributed by atoms with E-state index in [0.717, 1.165) is 10.6 Å². The topological polar surface area (TPSA) is 54.6 Å². The summed E-state index contributed by atoms with van der Waals surface area (Å²) >= 11 is 1.56. The molecule has 5 heteroatoms. The van der Waals surface area contributed by atoms with Gasteiger partial charge in [-0.15, -0.1) is 11.3 Å². The van der Waals surface area contributed by atoms with Crippen molar-refractivity contribution in [3.05, 3.63) is 45.5 Å². The summed E-state index contributed by atoms with van der Waals surface area (Å²) in [7, 11) is 0. The van der Waals surface area contributed by atoms with Crippen molar-refractivity contribution in [2.75, 3.05) is 0 Å². The van der Waals surface area contributed by atoms with Crippen LogP contribution in [0.1, 0.15) is 26.8 Å². The Kier molecular flexibility index (Phi) is 3.39. The van der Waals surface area contributed by atoms with Gasteiger partial charge in [-0.1, -0.05) is 6.07 Å². The van der Waals surface area contributed by atoms with Crippen molar-refractivity contribution in [3.8, 4) is 0 Å². The summed E-state index contributed by atoms with van der Waals surface area (Å²) in [5, 5.41) is 5.84. The number of hydrazone groups is 1. The molecule has 17 heavy (non-hydrogen) atoms. The third kappa shape index (κ3) is 2.82. The minimum Gasteiger partial charge on any atom is -0.466 e. The second kappa shape index (κ2) is 4.97. The highest BCUT2D eigenvalue weighted by Crippen LogP contribution is 2.13. The Hall–Kier alpha value is -1.88. The van der Waals surface area contributed by atoms with Gasteiger partial charge in [-0.2, -0.15) is 5.10 Å². The van der Waals surface area contributed by atoms with Crippen LogP contribution in [0.15, 0.2) is 33.1 Å². The predicted octanol–water partition coefficient (Wildman–Crippen LogP) is 2.72. The normalized spacial score (nSPS) is 10.9. The van der Waals surface area contributed by atoms with Gasteiger partial charge >= 0.3 is 0 Å². The van der Waals surface area contributed by atoms with Crippen LogP contribution >= 0.6 is 11.3 Å². The number of rotatable bonds is 3. The van der Waals surface area contributed by atoms with E-state index in [1.807, 2.05) is 17.5 Å². The molecule has 0 aliphatic carbocycles. The highest BCUT2D eigenvalue weighted by molar-refractivity contribution is 7.11. The van der Waals surface area contributed by atoms with E-state index in [-0.39, 0.29) is 5.91 Å². The highest BCUT2D eigenvalue weighted by Gasteiger charge is 2.12. The minimum absolute atomic E-state index is 0.257. The van der Waals surface area contributed by atoms with Crippen molar-refractivity contribution in [2.45, 2.75) is 13.8 Å². The number of nitrogens with zero attached hydrogens (tertiary/aromatic N) is 1. The maximum absolute atomic E-state index is 11.7. The van der Waals surface area contributed by atoms with Gasteiger partial charge in [0.1, 0.15) is 11.5 Å². The molecular weight excluding hydrogens is 236 g/mol. The lowest BCUT2D eigenvalue weighted by Gasteiger charge is -1.96. The molecule has 0 aromatic carbocycles. The zero-order valence-electron chi connectivity index (χ0n) is 9.56. The number of furan rings is 1. The van der Waals surface area contributed by atoms with E-state index in [2.05, 4.69) is 10.5 Å². The Morgan fingerprint density at radius 1 is 1.53 bits per heavy atom. The molecule has 0 atom stereocenters. The average molecular weight is 248 g/mol. The second-order valence-electron chi connectivity index (χ2n) is 3.54. The molecule has 2 aromatic heterocycles. The molecule has 1 N–H and O–H groups in total. The number of hydrogen-bond acceptors (Lipinski definition) is 4. The van der Waals surface area contributed by atoms with Crippen LogP contribution < -0.4 is 5.43 Å². The molecule has 0 spiro atoms. The van der Waals surface area contributed by atoms with Crippen LogP contribution in [0, 0.1) is 13.8 Å². The number of nitrogens with one attached hydrogen (secondary N) is 1. The first-order valence-electron chi connectivity index (χ1n) is 5.11. The number of thiophene rings is 1. The maximum Gasteiger partial charge on any atom is 0.274 e. The summed E-state index contributed by atoms with van der Waals surface area (Å²) in [5.74, 6) is 1.06. The van der Waals surface area contributed by atoms with E-state index in [1.54, 1.807) is 37.5 Å². The van der Waals surface area contributed by atoms with Gasteiger partial charge in [0.15, 0.2) is 0 Å². The largest absolute Gasteiger partial charge is 0.466 e. The predicted molar refractivity (Wildman–Crippen MR) is 67.6 cm³/mol. The number of aryl methyl sites for hydroxylation is 2. The van der Waals surface area contributed by atoms with Gasteiger partial charge in [-0.25, -0.2) is 5.43 Å². The maximum atomic E-state index is 11.7. The van der Waals surface area contributed by atoms with Crippen LogP contribution in [0.3, 0.4) is 0 Å². The van der Waals surface area contributed by atoms with Crippen LogP contribution in [0.2, 0.25) is 0 Å². The van der Waals surface area contributed by atoms with E-state index < -0.39 is 0 Å². The van der Waals surface area contributed by atoms with Crippen molar-refractivity contribution < 1.29 is 9.21 Å². The van der Waals surface area contributed by atoms with Gasteiger partial charge in [0.05, 0.1) is 11.8 Å². The Balaban J connectivity index is 2.00. The summed E-state index contributed by atoms with van der Waals surface area (Å²) in [6.45, 7) is 3.56. The first-order chi connectivity index (χ1) is 8.16. The standard InChI is InChI=1S/C12H12N2O2S/c1-8-6-11(9(2)16-8)12(15)14-13-7-10-4-3-5-17-10/h3-7H,1-2H3,(H,14,15). The quantitative estimate of drug-likeness (QED) is 0.670. The third-order valence-corrected chi connectivity index (χ3v) is 2.99. The molecule has 0 saturated heterocycles. The van der Waals surface area contributed by atoms with Crippen LogP contribution in [0.25, 0.3) is 0 Å². The van der Waals surface area contributed by atoms with Crippen molar-refractivity contribution in [3.63, 3.8) is 0 Å². The van der Waals surface area contributed by atoms with E-state index in [4.69, 9.17) is 4.42 Å². The van der Waals surface area contributed by atoms with E-state index in [9.17, 15) is 4.79 Å². The van der Waals surface area contributed by atoms with Crippen molar-refractivity contribution >= 4 is 23.5 Å². The summed E-state index contributed by atoms with van der Waals surface area (Å²) in [6.07, 6.45) is 1.62. The van der Waals surface area contributed by atoms with Gasteiger partial charge in [0, 0.05) is 4.88 Å². The lowest BCUT2D eigenvalue weighted by molar-refractivity contribution is 0.0953. The molecule has 0 radical (unpaired) electrons. The van der Waals surface area contributed by atoms with E-state index in [1.165, 1.54) is 0 Å². The fourth-order valence-electron chi connectivity index (χ4n) is 1.44. The number of amides is 1. The fraction of sp³-hybridized carbons (Fsp3) is 0.167. The summed E-state index contributed by atoms with van der Waals surface area (Å²) in [6, 6.07) is 5.55. The molecule has 1 amide bonds. The van der Waals surface area contributed by atoms with Gasteiger partial charge < -0.3 is 4.42 Å². The molecule has 88 valence electrons. The number of hydrogen-bond donors (Lipinski definition) is 1. The SMILES string of the molecule is Cc1cc(C(=O)NN=Cc2cccs2)c(C)o1. The molecule has 0 aliphatic rings. The molecule has 0 bridgehead atoms. The number of carbonyl (C=O) groups is 1. The summed E-state index contributed by atoms with van der Waals surface area (Å²) in [4.78, 5) is 12.7. The third-order valence-electron chi connectivity index (χ3n) is 2.19. The highest BCUT2D eigenvalue weighted by atomic mass is 32.1. The van der Waals surface area contributed by atoms with Gasteiger partial charge in [-0.05, 0) is 31.4 Å². The molecular formula is C12H12N2O2S. The van der Waals surface area contributed by atoms with Crippen LogP contribution in [0.4, 0.5) is 0 Å². The van der Waals surface area contributed by atoms with Gasteiger partial charge in [0.25, 0.3) is 5.91 Å². The lowest BCUT2D eigenvalue weighted by Crippen LogP contribution is -2.17. The Labute approximate surface area is 103 Å². The molecule has 2 heterocycles. The van der Waals surface area contributed by atoms with Crippen LogP contribution in [-0.2, 0) is 0 Å². The summed E-state index contributed by atoms with van der Waals surface area (Å²) < 4.78 is 5.28. The van der Waals surface area contributed by atoms with Gasteiger partial charge in [-0.3, -0.25) is 4.79 Å². The zero-order valence-corrected chi connectivity index (χ0v) is 10.4. The molecule has 4 nitrogen and oxygen atoms in total. The van der Waals surface area contributed by atoms with Crippen molar-refractivity contribution in [2.24, 2.45) is 5.10 Å². The average Bonchev–Trinajstić information content (AvgIpc) is 2.88. The Bertz CT molecular complexity index is 541. The molecule has 0 aliphatic heterocycles. The first kappa shape index (κ1) is 11.6. The first-order valence-corrected chi connectivity index (χ1v) is 5.99. The van der Waals surface area contributed by atoms with E-state index in [0.29, 0.717) is 11.3 Å². The van der Waals surface area contributed by atoms with Crippen molar-refractivity contribution in [1.29, 1.82) is 0 Å². The van der Waals surface area contributed by atoms with Crippen LogP contribution in [-0.4, -0.2) is 12.1 Å².